The molecule has 1 aromatic carbocycles. The van der Waals surface area contributed by atoms with E-state index in [4.69, 9.17) is 0 Å². The Hall–Kier alpha value is -1.22. The Morgan fingerprint density at radius 2 is 1.92 bits per heavy atom. The summed E-state index contributed by atoms with van der Waals surface area (Å²) in [5.41, 5.74) is 0.964. The molecule has 0 aliphatic carbocycles. The lowest BCUT2D eigenvalue weighted by atomic mass is 10.2. The SMILES string of the molecule is Fc1cnc(-c2ccccc2)s1. The van der Waals surface area contributed by atoms with Gasteiger partial charge in [0.15, 0.2) is 5.13 Å². The first-order chi connectivity index (χ1) is 5.86. The Balaban J connectivity index is 2.45. The molecule has 0 fully saturated rings. The van der Waals surface area contributed by atoms with Crippen molar-refractivity contribution in [3.8, 4) is 10.6 Å². The Kier molecular flexibility index (Phi) is 1.87. The van der Waals surface area contributed by atoms with Crippen molar-refractivity contribution < 1.29 is 4.39 Å². The van der Waals surface area contributed by atoms with Crippen molar-refractivity contribution in [1.29, 1.82) is 0 Å². The molecule has 60 valence electrons. The molecule has 1 nitrogen and oxygen atoms in total. The molecule has 0 radical (unpaired) electrons. The average Bonchev–Trinajstić information content (AvgIpc) is 2.54. The zero-order chi connectivity index (χ0) is 8.39. The van der Waals surface area contributed by atoms with Gasteiger partial charge in [0.2, 0.25) is 0 Å². The van der Waals surface area contributed by atoms with Crippen LogP contribution in [0.2, 0.25) is 0 Å². The predicted molar refractivity (Wildman–Crippen MR) is 47.5 cm³/mol. The maximum Gasteiger partial charge on any atom is 0.196 e. The van der Waals surface area contributed by atoms with E-state index in [0.29, 0.717) is 0 Å². The Bertz CT molecular complexity index is 369. The van der Waals surface area contributed by atoms with Crippen molar-refractivity contribution in [2.45, 2.75) is 0 Å². The van der Waals surface area contributed by atoms with Crippen LogP contribution in [0.4, 0.5) is 4.39 Å². The second kappa shape index (κ2) is 3.03. The molecule has 1 aromatic heterocycles. The van der Waals surface area contributed by atoms with Crippen LogP contribution in [0.5, 0.6) is 0 Å². The van der Waals surface area contributed by atoms with E-state index in [9.17, 15) is 4.39 Å². The van der Waals surface area contributed by atoms with Crippen LogP contribution >= 0.6 is 11.3 Å². The van der Waals surface area contributed by atoms with E-state index >= 15 is 0 Å². The lowest BCUT2D eigenvalue weighted by Crippen LogP contribution is -1.71. The lowest BCUT2D eigenvalue weighted by molar-refractivity contribution is 0.653. The van der Waals surface area contributed by atoms with Crippen molar-refractivity contribution in [3.63, 3.8) is 0 Å². The Morgan fingerprint density at radius 3 is 2.50 bits per heavy atom. The molecular formula is C9H6FNS. The van der Waals surface area contributed by atoms with E-state index in [-0.39, 0.29) is 5.13 Å². The highest BCUT2D eigenvalue weighted by molar-refractivity contribution is 7.13. The van der Waals surface area contributed by atoms with Crippen LogP contribution in [0.1, 0.15) is 0 Å². The topological polar surface area (TPSA) is 12.9 Å². The van der Waals surface area contributed by atoms with Crippen LogP contribution in [0.25, 0.3) is 10.6 Å². The summed E-state index contributed by atoms with van der Waals surface area (Å²) in [6.07, 6.45) is 1.24. The number of hydrogen-bond acceptors (Lipinski definition) is 2. The summed E-state index contributed by atoms with van der Waals surface area (Å²) >= 11 is 1.06. The first-order valence-corrected chi connectivity index (χ1v) is 4.34. The van der Waals surface area contributed by atoms with Crippen molar-refractivity contribution in [3.05, 3.63) is 41.7 Å². The number of nitrogens with zero attached hydrogens (tertiary/aromatic N) is 1. The second-order valence-electron chi connectivity index (χ2n) is 2.34. The molecule has 0 atom stereocenters. The molecule has 0 bridgehead atoms. The van der Waals surface area contributed by atoms with Gasteiger partial charge in [0.25, 0.3) is 0 Å². The molecule has 0 saturated carbocycles. The van der Waals surface area contributed by atoms with E-state index in [2.05, 4.69) is 4.98 Å². The number of hydrogen-bond donors (Lipinski definition) is 0. The molecule has 0 amide bonds. The summed E-state index contributed by atoms with van der Waals surface area (Å²) in [4.78, 5) is 3.93. The molecular weight excluding hydrogens is 173 g/mol. The van der Waals surface area contributed by atoms with Crippen molar-refractivity contribution >= 4 is 11.3 Å². The summed E-state index contributed by atoms with van der Waals surface area (Å²) in [5, 5.41) is 0.488. The lowest BCUT2D eigenvalue weighted by Gasteiger charge is -1.91. The van der Waals surface area contributed by atoms with Crippen LogP contribution < -0.4 is 0 Å². The van der Waals surface area contributed by atoms with E-state index in [0.717, 1.165) is 21.9 Å². The normalized spacial score (nSPS) is 10.1. The summed E-state index contributed by atoms with van der Waals surface area (Å²) in [6, 6.07) is 9.58. The number of halogens is 1. The minimum atomic E-state index is -0.242. The number of benzene rings is 1. The van der Waals surface area contributed by atoms with E-state index < -0.39 is 0 Å². The highest BCUT2D eigenvalue weighted by Crippen LogP contribution is 2.23. The maximum absolute atomic E-state index is 12.6. The summed E-state index contributed by atoms with van der Waals surface area (Å²) < 4.78 is 12.6. The van der Waals surface area contributed by atoms with Gasteiger partial charge in [-0.15, -0.1) is 0 Å². The van der Waals surface area contributed by atoms with Crippen LogP contribution in [-0.2, 0) is 0 Å². The largest absolute Gasteiger partial charge is 0.241 e. The van der Waals surface area contributed by atoms with Gasteiger partial charge in [0.05, 0.1) is 6.20 Å². The van der Waals surface area contributed by atoms with Gasteiger partial charge in [-0.25, -0.2) is 4.98 Å². The van der Waals surface area contributed by atoms with Gasteiger partial charge in [0, 0.05) is 5.56 Å². The molecule has 0 saturated heterocycles. The van der Waals surface area contributed by atoms with Crippen LogP contribution in [0.3, 0.4) is 0 Å². The van der Waals surface area contributed by atoms with Gasteiger partial charge >= 0.3 is 0 Å². The minimum absolute atomic E-state index is 0.242. The molecule has 0 aliphatic heterocycles. The summed E-state index contributed by atoms with van der Waals surface area (Å²) in [5.74, 6) is 0. The molecule has 0 spiro atoms. The Labute approximate surface area is 73.5 Å². The molecule has 0 N–H and O–H groups in total. The Morgan fingerprint density at radius 1 is 1.17 bits per heavy atom. The van der Waals surface area contributed by atoms with Crippen LogP contribution in [-0.4, -0.2) is 4.98 Å². The fourth-order valence-corrected chi connectivity index (χ4v) is 1.62. The number of rotatable bonds is 1. The van der Waals surface area contributed by atoms with Crippen LogP contribution in [0, 0.1) is 5.13 Å². The molecule has 2 aromatic rings. The monoisotopic (exact) mass is 179 g/mol. The fourth-order valence-electron chi connectivity index (χ4n) is 0.969. The van der Waals surface area contributed by atoms with E-state index in [1.165, 1.54) is 6.20 Å². The predicted octanol–water partition coefficient (Wildman–Crippen LogP) is 2.95. The quantitative estimate of drug-likeness (QED) is 0.655. The fraction of sp³-hybridized carbons (Fsp3) is 0. The third-order valence-corrected chi connectivity index (χ3v) is 2.33. The van der Waals surface area contributed by atoms with Gasteiger partial charge in [-0.3, -0.25) is 0 Å². The van der Waals surface area contributed by atoms with Crippen molar-refractivity contribution in [2.75, 3.05) is 0 Å². The zero-order valence-electron chi connectivity index (χ0n) is 6.20. The van der Waals surface area contributed by atoms with Gasteiger partial charge in [-0.05, 0) is 0 Å². The number of aromatic nitrogens is 1. The third-order valence-electron chi connectivity index (χ3n) is 1.50. The third kappa shape index (κ3) is 1.36. The van der Waals surface area contributed by atoms with Crippen LogP contribution in [0.15, 0.2) is 36.5 Å². The highest BCUT2D eigenvalue weighted by atomic mass is 32.1. The molecule has 12 heavy (non-hydrogen) atoms. The first-order valence-electron chi connectivity index (χ1n) is 3.53. The van der Waals surface area contributed by atoms with Gasteiger partial charge in [-0.1, -0.05) is 41.7 Å². The van der Waals surface area contributed by atoms with Crippen molar-refractivity contribution in [1.82, 2.24) is 4.98 Å². The second-order valence-corrected chi connectivity index (χ2v) is 3.32. The minimum Gasteiger partial charge on any atom is -0.241 e. The molecule has 0 unspecified atom stereocenters. The van der Waals surface area contributed by atoms with Gasteiger partial charge < -0.3 is 0 Å². The maximum atomic E-state index is 12.6. The van der Waals surface area contributed by atoms with E-state index in [1.807, 2.05) is 30.3 Å². The molecule has 2 rings (SSSR count). The number of thiazole rings is 1. The highest BCUT2D eigenvalue weighted by Gasteiger charge is 2.01. The molecule has 0 aliphatic rings. The first kappa shape index (κ1) is 7.43. The molecule has 1 heterocycles. The van der Waals surface area contributed by atoms with Gasteiger partial charge in [0.1, 0.15) is 5.01 Å². The standard InChI is InChI=1S/C9H6FNS/c10-8-6-11-9(12-8)7-4-2-1-3-5-7/h1-6H. The summed E-state index contributed by atoms with van der Waals surface area (Å²) in [6.45, 7) is 0. The smallest absolute Gasteiger partial charge is 0.196 e. The van der Waals surface area contributed by atoms with Crippen molar-refractivity contribution in [2.24, 2.45) is 0 Å². The van der Waals surface area contributed by atoms with E-state index in [1.54, 1.807) is 0 Å². The van der Waals surface area contributed by atoms with Gasteiger partial charge in [-0.2, -0.15) is 4.39 Å². The average molecular weight is 179 g/mol. The molecule has 3 heteroatoms. The zero-order valence-corrected chi connectivity index (χ0v) is 7.01. The summed E-state index contributed by atoms with van der Waals surface area (Å²) in [7, 11) is 0.